The summed E-state index contributed by atoms with van der Waals surface area (Å²) in [5.41, 5.74) is 2.12. The molecule has 0 bridgehead atoms. The summed E-state index contributed by atoms with van der Waals surface area (Å²) in [7, 11) is 1.80. The number of rotatable bonds is 10. The molecule has 3 aromatic rings. The van der Waals surface area contributed by atoms with Gasteiger partial charge in [-0.15, -0.1) is 6.42 Å². The number of nitrogens with zero attached hydrogens (tertiary/aromatic N) is 3. The lowest BCUT2D eigenvalue weighted by Crippen LogP contribution is -2.02. The SMILES string of the molecule is C#CCON=C(C)c1c(C)nn(C)c1Oc1ccc(Oc2ccc(OCC=C(Cl)Cl)cc2)cc1. The molecule has 0 aliphatic carbocycles. The second kappa shape index (κ2) is 12.0. The standard InChI is InChI=1S/C25H23Cl2N3O4/c1-5-15-32-29-18(3)24-17(2)28-30(4)25(24)34-22-12-10-21(11-13-22)33-20-8-6-19(7-9-20)31-16-14-23(26)27/h1,6-14H,15-16H2,2-4H3. The first-order valence-electron chi connectivity index (χ1n) is 10.2. The van der Waals surface area contributed by atoms with Gasteiger partial charge in [0.05, 0.1) is 17.0 Å². The lowest BCUT2D eigenvalue weighted by molar-refractivity contribution is 0.180. The van der Waals surface area contributed by atoms with Crippen LogP contribution in [0.5, 0.6) is 28.9 Å². The zero-order valence-electron chi connectivity index (χ0n) is 18.9. The molecule has 0 amide bonds. The van der Waals surface area contributed by atoms with Crippen LogP contribution in [0.2, 0.25) is 0 Å². The largest absolute Gasteiger partial charge is 0.489 e. The lowest BCUT2D eigenvalue weighted by atomic mass is 10.2. The highest BCUT2D eigenvalue weighted by Gasteiger charge is 2.19. The molecule has 9 heteroatoms. The average Bonchev–Trinajstić information content (AvgIpc) is 3.08. The zero-order valence-corrected chi connectivity index (χ0v) is 20.4. The van der Waals surface area contributed by atoms with Crippen LogP contribution >= 0.6 is 23.2 Å². The van der Waals surface area contributed by atoms with Crippen LogP contribution in [-0.2, 0) is 11.9 Å². The molecule has 3 rings (SSSR count). The van der Waals surface area contributed by atoms with E-state index in [1.807, 2.05) is 38.1 Å². The van der Waals surface area contributed by atoms with Crippen LogP contribution in [0.3, 0.4) is 0 Å². The van der Waals surface area contributed by atoms with E-state index in [1.54, 1.807) is 42.1 Å². The summed E-state index contributed by atoms with van der Waals surface area (Å²) in [5.74, 6) is 5.52. The molecular weight excluding hydrogens is 477 g/mol. The highest BCUT2D eigenvalue weighted by Crippen LogP contribution is 2.30. The van der Waals surface area contributed by atoms with Gasteiger partial charge in [-0.05, 0) is 68.5 Å². The van der Waals surface area contributed by atoms with Gasteiger partial charge in [0.1, 0.15) is 34.1 Å². The van der Waals surface area contributed by atoms with E-state index in [-0.39, 0.29) is 17.7 Å². The van der Waals surface area contributed by atoms with Gasteiger partial charge in [0.15, 0.2) is 6.61 Å². The van der Waals surface area contributed by atoms with E-state index in [4.69, 9.17) is 48.7 Å². The molecule has 176 valence electrons. The summed E-state index contributed by atoms with van der Waals surface area (Å²) >= 11 is 11.1. The summed E-state index contributed by atoms with van der Waals surface area (Å²) in [6.07, 6.45) is 6.77. The molecule has 0 unspecified atom stereocenters. The van der Waals surface area contributed by atoms with Crippen molar-refractivity contribution >= 4 is 28.9 Å². The molecule has 0 N–H and O–H groups in total. The highest BCUT2D eigenvalue weighted by atomic mass is 35.5. The van der Waals surface area contributed by atoms with Crippen molar-refractivity contribution in [2.45, 2.75) is 13.8 Å². The van der Waals surface area contributed by atoms with Gasteiger partial charge in [0.2, 0.25) is 5.88 Å². The predicted molar refractivity (Wildman–Crippen MR) is 133 cm³/mol. The number of benzene rings is 2. The number of hydrogen-bond acceptors (Lipinski definition) is 6. The molecule has 0 aliphatic heterocycles. The van der Waals surface area contributed by atoms with E-state index in [9.17, 15) is 0 Å². The van der Waals surface area contributed by atoms with Crippen molar-refractivity contribution in [3.63, 3.8) is 0 Å². The molecule has 34 heavy (non-hydrogen) atoms. The van der Waals surface area contributed by atoms with E-state index in [1.165, 1.54) is 0 Å². The number of aryl methyl sites for hydroxylation is 2. The molecule has 0 radical (unpaired) electrons. The Kier molecular flexibility index (Phi) is 8.86. The fourth-order valence-corrected chi connectivity index (χ4v) is 3.14. The Labute approximate surface area is 208 Å². The number of hydrogen-bond donors (Lipinski definition) is 0. The van der Waals surface area contributed by atoms with Crippen LogP contribution < -0.4 is 14.2 Å². The van der Waals surface area contributed by atoms with E-state index in [0.717, 1.165) is 11.3 Å². The fourth-order valence-electron chi connectivity index (χ4n) is 3.01. The van der Waals surface area contributed by atoms with Crippen molar-refractivity contribution in [3.8, 4) is 41.2 Å². The van der Waals surface area contributed by atoms with Gasteiger partial charge >= 0.3 is 0 Å². The van der Waals surface area contributed by atoms with Crippen LogP contribution in [-0.4, -0.2) is 28.7 Å². The van der Waals surface area contributed by atoms with Crippen LogP contribution in [0, 0.1) is 19.3 Å². The minimum absolute atomic E-state index is 0.0876. The minimum atomic E-state index is 0.0876. The van der Waals surface area contributed by atoms with Crippen molar-refractivity contribution in [3.05, 3.63) is 70.4 Å². The average molecular weight is 500 g/mol. The van der Waals surface area contributed by atoms with Gasteiger partial charge in [0.25, 0.3) is 0 Å². The molecule has 2 aromatic carbocycles. The Balaban J connectivity index is 1.66. The van der Waals surface area contributed by atoms with Gasteiger partial charge < -0.3 is 19.0 Å². The van der Waals surface area contributed by atoms with Gasteiger partial charge in [-0.1, -0.05) is 34.3 Å². The van der Waals surface area contributed by atoms with E-state index < -0.39 is 0 Å². The number of aromatic nitrogens is 2. The van der Waals surface area contributed by atoms with Crippen LogP contribution in [0.25, 0.3) is 0 Å². The van der Waals surface area contributed by atoms with Crippen LogP contribution in [0.15, 0.2) is 64.3 Å². The molecule has 0 fully saturated rings. The second-order valence-electron chi connectivity index (χ2n) is 7.00. The van der Waals surface area contributed by atoms with Crippen molar-refractivity contribution in [1.82, 2.24) is 9.78 Å². The van der Waals surface area contributed by atoms with Gasteiger partial charge in [-0.25, -0.2) is 4.68 Å². The Hall–Kier alpha value is -3.60. The Bertz CT molecular complexity index is 1210. The maximum Gasteiger partial charge on any atom is 0.227 e. The summed E-state index contributed by atoms with van der Waals surface area (Å²) in [6, 6.07) is 14.4. The van der Waals surface area contributed by atoms with Crippen molar-refractivity contribution in [2.75, 3.05) is 13.2 Å². The van der Waals surface area contributed by atoms with Crippen molar-refractivity contribution in [1.29, 1.82) is 0 Å². The monoisotopic (exact) mass is 499 g/mol. The normalized spacial score (nSPS) is 10.9. The summed E-state index contributed by atoms with van der Waals surface area (Å²) in [4.78, 5) is 5.10. The van der Waals surface area contributed by atoms with Crippen LogP contribution in [0.1, 0.15) is 18.2 Å². The number of halogens is 2. The molecule has 7 nitrogen and oxygen atoms in total. The smallest absolute Gasteiger partial charge is 0.227 e. The molecule has 0 aliphatic rings. The van der Waals surface area contributed by atoms with Gasteiger partial charge in [-0.2, -0.15) is 5.10 Å². The second-order valence-corrected chi connectivity index (χ2v) is 8.00. The van der Waals surface area contributed by atoms with Gasteiger partial charge in [-0.3, -0.25) is 0 Å². The number of ether oxygens (including phenoxy) is 3. The third-order valence-corrected chi connectivity index (χ3v) is 4.77. The fraction of sp³-hybridized carbons (Fsp3) is 0.200. The maximum absolute atomic E-state index is 6.09. The predicted octanol–water partition coefficient (Wildman–Crippen LogP) is 6.38. The van der Waals surface area contributed by atoms with E-state index >= 15 is 0 Å². The third kappa shape index (κ3) is 6.95. The van der Waals surface area contributed by atoms with Gasteiger partial charge in [0, 0.05) is 7.05 Å². The van der Waals surface area contributed by atoms with Crippen LogP contribution in [0.4, 0.5) is 0 Å². The lowest BCUT2D eigenvalue weighted by Gasteiger charge is -2.10. The number of oxime groups is 1. The van der Waals surface area contributed by atoms with Crippen molar-refractivity contribution < 1.29 is 19.0 Å². The first-order valence-corrected chi connectivity index (χ1v) is 11.0. The maximum atomic E-state index is 6.09. The minimum Gasteiger partial charge on any atom is -0.489 e. The molecule has 0 saturated heterocycles. The summed E-state index contributed by atoms with van der Waals surface area (Å²) in [6.45, 7) is 4.05. The molecule has 1 heterocycles. The Morgan fingerprint density at radius 3 is 2.15 bits per heavy atom. The zero-order chi connectivity index (χ0) is 24.5. The Morgan fingerprint density at radius 2 is 1.59 bits per heavy atom. The molecule has 0 spiro atoms. The molecular formula is C25H23Cl2N3O4. The molecule has 1 aromatic heterocycles. The molecule has 0 atom stereocenters. The first kappa shape index (κ1) is 25.0. The first-order chi connectivity index (χ1) is 16.4. The molecule has 0 saturated carbocycles. The third-order valence-electron chi connectivity index (χ3n) is 4.47. The van der Waals surface area contributed by atoms with E-state index in [2.05, 4.69) is 16.2 Å². The highest BCUT2D eigenvalue weighted by molar-refractivity contribution is 6.55. The quantitative estimate of drug-likeness (QED) is 0.140. The Morgan fingerprint density at radius 1 is 1.03 bits per heavy atom. The number of terminal acetylenes is 1. The summed E-state index contributed by atoms with van der Waals surface area (Å²) < 4.78 is 19.3. The van der Waals surface area contributed by atoms with E-state index in [0.29, 0.717) is 34.6 Å². The summed E-state index contributed by atoms with van der Waals surface area (Å²) in [5, 5.41) is 8.48. The van der Waals surface area contributed by atoms with Crippen molar-refractivity contribution in [2.24, 2.45) is 12.2 Å². The topological polar surface area (TPSA) is 67.1 Å².